The Morgan fingerprint density at radius 2 is 2.14 bits per heavy atom. The van der Waals surface area contributed by atoms with Crippen molar-refractivity contribution in [1.82, 2.24) is 5.32 Å². The number of hydrogen-bond donors (Lipinski definition) is 2. The van der Waals surface area contributed by atoms with Crippen LogP contribution in [0.2, 0.25) is 0 Å². The number of ether oxygens (including phenoxy) is 1. The predicted octanol–water partition coefficient (Wildman–Crippen LogP) is 2.28. The van der Waals surface area contributed by atoms with E-state index in [2.05, 4.69) is 5.32 Å². The normalized spacial score (nSPS) is 13.0. The molecule has 118 valence electrons. The molecule has 0 amide bonds. The van der Waals surface area contributed by atoms with Crippen molar-refractivity contribution < 1.29 is 27.8 Å². The first kappa shape index (κ1) is 17.5. The number of carbonyl (C=O) groups is 1. The molecular formula is C14H18F3NO3. The van der Waals surface area contributed by atoms with Crippen LogP contribution < -0.4 is 5.32 Å². The van der Waals surface area contributed by atoms with Gasteiger partial charge >= 0.3 is 12.1 Å². The molecule has 1 aromatic rings. The van der Waals surface area contributed by atoms with E-state index in [0.717, 1.165) is 12.1 Å². The third kappa shape index (κ3) is 6.14. The quantitative estimate of drug-likeness (QED) is 0.599. The fraction of sp³-hybridized carbons (Fsp3) is 0.500. The van der Waals surface area contributed by atoms with Crippen LogP contribution in [0.5, 0.6) is 0 Å². The molecule has 0 fully saturated rings. The minimum atomic E-state index is -4.44. The van der Waals surface area contributed by atoms with Crippen LogP contribution in [-0.2, 0) is 15.7 Å². The first-order valence-electron chi connectivity index (χ1n) is 6.56. The maximum atomic E-state index is 12.6. The van der Waals surface area contributed by atoms with Crippen molar-refractivity contribution in [3.8, 4) is 0 Å². The monoisotopic (exact) mass is 305 g/mol. The lowest BCUT2D eigenvalue weighted by Gasteiger charge is -2.14. The van der Waals surface area contributed by atoms with Crippen LogP contribution >= 0.6 is 0 Å². The van der Waals surface area contributed by atoms with Gasteiger partial charge in [-0.1, -0.05) is 12.1 Å². The summed E-state index contributed by atoms with van der Waals surface area (Å²) >= 11 is 0. The highest BCUT2D eigenvalue weighted by atomic mass is 19.4. The zero-order valence-corrected chi connectivity index (χ0v) is 11.6. The van der Waals surface area contributed by atoms with Crippen LogP contribution in [0.3, 0.4) is 0 Å². The van der Waals surface area contributed by atoms with Crippen LogP contribution in [0.25, 0.3) is 0 Å². The van der Waals surface area contributed by atoms with Crippen molar-refractivity contribution in [1.29, 1.82) is 0 Å². The fourth-order valence-corrected chi connectivity index (χ4v) is 1.70. The zero-order chi connectivity index (χ0) is 15.9. The number of carbonyl (C=O) groups excluding carboxylic acids is 1. The van der Waals surface area contributed by atoms with Crippen LogP contribution in [0.15, 0.2) is 24.3 Å². The fourth-order valence-electron chi connectivity index (χ4n) is 1.70. The van der Waals surface area contributed by atoms with E-state index < -0.39 is 17.8 Å². The number of aliphatic hydroxyl groups excluding tert-OH is 1. The molecule has 1 atom stereocenters. The summed E-state index contributed by atoms with van der Waals surface area (Å²) in [5, 5.41) is 12.6. The minimum Gasteiger partial charge on any atom is -0.466 e. The Hall–Kier alpha value is -1.60. The number of aliphatic hydroxyl groups is 1. The van der Waals surface area contributed by atoms with Crippen LogP contribution in [0.4, 0.5) is 13.2 Å². The Morgan fingerprint density at radius 1 is 1.43 bits per heavy atom. The van der Waals surface area contributed by atoms with Crippen LogP contribution in [0, 0.1) is 0 Å². The predicted molar refractivity (Wildman–Crippen MR) is 70.5 cm³/mol. The van der Waals surface area contributed by atoms with Gasteiger partial charge in [0.15, 0.2) is 0 Å². The molecule has 0 aliphatic carbocycles. The highest BCUT2D eigenvalue weighted by Gasteiger charge is 2.30. The van der Waals surface area contributed by atoms with E-state index in [1.165, 1.54) is 12.1 Å². The van der Waals surface area contributed by atoms with Gasteiger partial charge in [-0.15, -0.1) is 0 Å². The van der Waals surface area contributed by atoms with Gasteiger partial charge in [0.1, 0.15) is 0 Å². The standard InChI is InChI=1S/C14H18F3NO3/c1-2-21-13(20)6-7-18-9-12(19)10-4-3-5-11(8-10)14(15,16)17/h3-5,8,12,18-19H,2,6-7,9H2,1H3. The van der Waals surface area contributed by atoms with Crippen molar-refractivity contribution in [2.45, 2.75) is 25.6 Å². The Bertz CT molecular complexity index is 463. The Labute approximate surface area is 120 Å². The van der Waals surface area contributed by atoms with Gasteiger partial charge in [0.25, 0.3) is 0 Å². The second-order valence-corrected chi connectivity index (χ2v) is 4.40. The number of alkyl halides is 3. The molecule has 1 rings (SSSR count). The summed E-state index contributed by atoms with van der Waals surface area (Å²) in [5.74, 6) is -0.362. The first-order chi connectivity index (χ1) is 9.84. The number of benzene rings is 1. The summed E-state index contributed by atoms with van der Waals surface area (Å²) in [5.41, 5.74) is -0.626. The van der Waals surface area contributed by atoms with Crippen molar-refractivity contribution in [2.24, 2.45) is 0 Å². The van der Waals surface area contributed by atoms with Gasteiger partial charge in [0.05, 0.1) is 24.7 Å². The first-order valence-corrected chi connectivity index (χ1v) is 6.56. The average Bonchev–Trinajstić information content (AvgIpc) is 2.43. The molecule has 0 aliphatic rings. The third-order valence-corrected chi connectivity index (χ3v) is 2.75. The minimum absolute atomic E-state index is 0.0563. The molecule has 0 saturated heterocycles. The van der Waals surface area contributed by atoms with E-state index in [0.29, 0.717) is 6.61 Å². The SMILES string of the molecule is CCOC(=O)CCNCC(O)c1cccc(C(F)(F)F)c1. The molecule has 4 nitrogen and oxygen atoms in total. The van der Waals surface area contributed by atoms with E-state index in [4.69, 9.17) is 4.74 Å². The molecule has 0 aromatic heterocycles. The third-order valence-electron chi connectivity index (χ3n) is 2.75. The van der Waals surface area contributed by atoms with Crippen molar-refractivity contribution >= 4 is 5.97 Å². The van der Waals surface area contributed by atoms with Crippen molar-refractivity contribution in [2.75, 3.05) is 19.7 Å². The Balaban J connectivity index is 2.45. The van der Waals surface area contributed by atoms with Gasteiger partial charge in [-0.05, 0) is 24.6 Å². The maximum absolute atomic E-state index is 12.6. The molecule has 0 saturated carbocycles. The number of nitrogens with one attached hydrogen (secondary N) is 1. The van der Waals surface area contributed by atoms with E-state index in [1.54, 1.807) is 6.92 Å². The lowest BCUT2D eigenvalue weighted by Crippen LogP contribution is -2.25. The van der Waals surface area contributed by atoms with E-state index in [-0.39, 0.29) is 31.0 Å². The van der Waals surface area contributed by atoms with Gasteiger partial charge in [-0.2, -0.15) is 13.2 Å². The second kappa shape index (κ2) is 7.99. The lowest BCUT2D eigenvalue weighted by molar-refractivity contribution is -0.143. The van der Waals surface area contributed by atoms with Gasteiger partial charge in [-0.25, -0.2) is 0 Å². The number of halogens is 3. The highest BCUT2D eigenvalue weighted by Crippen LogP contribution is 2.30. The van der Waals surface area contributed by atoms with Gasteiger partial charge in [-0.3, -0.25) is 4.79 Å². The Morgan fingerprint density at radius 3 is 2.76 bits per heavy atom. The van der Waals surface area contributed by atoms with Gasteiger partial charge in [0.2, 0.25) is 0 Å². The average molecular weight is 305 g/mol. The molecule has 1 unspecified atom stereocenters. The summed E-state index contributed by atoms with van der Waals surface area (Å²) < 4.78 is 42.4. The summed E-state index contributed by atoms with van der Waals surface area (Å²) in [6, 6.07) is 4.54. The molecular weight excluding hydrogens is 287 g/mol. The summed E-state index contributed by atoms with van der Waals surface area (Å²) in [4.78, 5) is 11.1. The smallest absolute Gasteiger partial charge is 0.416 e. The summed E-state index contributed by atoms with van der Waals surface area (Å²) in [6.45, 7) is 2.34. The molecule has 21 heavy (non-hydrogen) atoms. The molecule has 7 heteroatoms. The molecule has 1 aromatic carbocycles. The summed E-state index contributed by atoms with van der Waals surface area (Å²) in [7, 11) is 0. The Kier molecular flexibility index (Phi) is 6.64. The number of rotatable bonds is 7. The van der Waals surface area contributed by atoms with Crippen LogP contribution in [-0.4, -0.2) is 30.8 Å². The molecule has 0 bridgehead atoms. The van der Waals surface area contributed by atoms with Crippen molar-refractivity contribution in [3.05, 3.63) is 35.4 Å². The topological polar surface area (TPSA) is 58.6 Å². The van der Waals surface area contributed by atoms with Crippen molar-refractivity contribution in [3.63, 3.8) is 0 Å². The molecule has 0 radical (unpaired) electrons. The lowest BCUT2D eigenvalue weighted by atomic mass is 10.1. The van der Waals surface area contributed by atoms with Gasteiger partial charge < -0.3 is 15.2 Å². The van der Waals surface area contributed by atoms with Gasteiger partial charge in [0, 0.05) is 13.1 Å². The van der Waals surface area contributed by atoms with E-state index >= 15 is 0 Å². The number of hydrogen-bond acceptors (Lipinski definition) is 4. The second-order valence-electron chi connectivity index (χ2n) is 4.40. The largest absolute Gasteiger partial charge is 0.466 e. The molecule has 0 heterocycles. The van der Waals surface area contributed by atoms with Crippen LogP contribution in [0.1, 0.15) is 30.6 Å². The molecule has 0 aliphatic heterocycles. The van der Waals surface area contributed by atoms with E-state index in [9.17, 15) is 23.1 Å². The highest BCUT2D eigenvalue weighted by molar-refractivity contribution is 5.69. The zero-order valence-electron chi connectivity index (χ0n) is 11.6. The molecule has 2 N–H and O–H groups in total. The molecule has 0 spiro atoms. The summed E-state index contributed by atoms with van der Waals surface area (Å²) in [6.07, 6.45) is -5.37. The maximum Gasteiger partial charge on any atom is 0.416 e. The number of esters is 1. The van der Waals surface area contributed by atoms with E-state index in [1.807, 2.05) is 0 Å².